The van der Waals surface area contributed by atoms with E-state index >= 15 is 0 Å². The quantitative estimate of drug-likeness (QED) is 0.736. The van der Waals surface area contributed by atoms with Gasteiger partial charge in [0, 0.05) is 5.56 Å². The number of anilines is 1. The number of carbonyl (C=O) groups is 2. The minimum absolute atomic E-state index is 0.0942. The van der Waals surface area contributed by atoms with Crippen molar-refractivity contribution >= 4 is 30.4 Å². The van der Waals surface area contributed by atoms with Crippen LogP contribution in [0.1, 0.15) is 35.3 Å². The van der Waals surface area contributed by atoms with Crippen molar-refractivity contribution in [2.75, 3.05) is 4.31 Å². The fourth-order valence-electron chi connectivity index (χ4n) is 2.20. The van der Waals surface area contributed by atoms with Gasteiger partial charge in [0.2, 0.25) is 5.91 Å². The topological polar surface area (TPSA) is 75.4 Å². The number of nitrogens with one attached hydrogen (secondary N) is 1. The predicted octanol–water partition coefficient (Wildman–Crippen LogP) is 3.30. The molecule has 0 radical (unpaired) electrons. The molecule has 2 aromatic rings. The molecule has 2 rings (SSSR count). The summed E-state index contributed by atoms with van der Waals surface area (Å²) in [4.78, 5) is 23.4. The Balaban J connectivity index is 2.08. The van der Waals surface area contributed by atoms with Gasteiger partial charge in [-0.05, 0) is 36.2 Å². The van der Waals surface area contributed by atoms with E-state index in [1.165, 1.54) is 4.31 Å². The minimum Gasteiger partial charge on any atom is -0.366 e. The second-order valence-electron chi connectivity index (χ2n) is 5.04. The van der Waals surface area contributed by atoms with Crippen molar-refractivity contribution in [2.45, 2.75) is 19.4 Å². The van der Waals surface area contributed by atoms with Gasteiger partial charge in [-0.1, -0.05) is 50.1 Å². The SMILES string of the molecule is CCC(NC(=O)N(S)c1ccc(C(N)=O)cc1)c1ccccc1. The fourth-order valence-corrected chi connectivity index (χ4v) is 2.39. The first-order valence-corrected chi connectivity index (χ1v) is 7.67. The first-order valence-electron chi connectivity index (χ1n) is 7.27. The van der Waals surface area contributed by atoms with Crippen molar-refractivity contribution in [3.63, 3.8) is 0 Å². The molecule has 0 bridgehead atoms. The zero-order valence-electron chi connectivity index (χ0n) is 12.8. The maximum absolute atomic E-state index is 12.4. The Bertz CT molecular complexity index is 674. The monoisotopic (exact) mass is 329 g/mol. The van der Waals surface area contributed by atoms with Crippen LogP contribution in [0.3, 0.4) is 0 Å². The van der Waals surface area contributed by atoms with Crippen LogP contribution in [0.5, 0.6) is 0 Å². The lowest BCUT2D eigenvalue weighted by Gasteiger charge is -2.22. The maximum atomic E-state index is 12.4. The average Bonchev–Trinajstić information content (AvgIpc) is 2.59. The first kappa shape index (κ1) is 16.9. The summed E-state index contributed by atoms with van der Waals surface area (Å²) in [7, 11) is 0. The fraction of sp³-hybridized carbons (Fsp3) is 0.176. The summed E-state index contributed by atoms with van der Waals surface area (Å²) >= 11 is 4.23. The highest BCUT2D eigenvalue weighted by atomic mass is 32.1. The molecule has 6 heteroatoms. The molecule has 0 heterocycles. The van der Waals surface area contributed by atoms with Crippen molar-refractivity contribution < 1.29 is 9.59 Å². The lowest BCUT2D eigenvalue weighted by Crippen LogP contribution is -2.36. The molecular weight excluding hydrogens is 310 g/mol. The highest BCUT2D eigenvalue weighted by Crippen LogP contribution is 2.20. The summed E-state index contributed by atoms with van der Waals surface area (Å²) in [6.45, 7) is 2.00. The molecule has 0 aromatic heterocycles. The standard InChI is InChI=1S/C17H19N3O2S/c1-2-15(12-6-4-3-5-7-12)19-17(22)20(23)14-10-8-13(9-11-14)16(18)21/h3-11,15,23H,2H2,1H3,(H2,18,21)(H,19,22). The van der Waals surface area contributed by atoms with Crippen LogP contribution in [0.15, 0.2) is 54.6 Å². The lowest BCUT2D eigenvalue weighted by molar-refractivity contribution is 0.100. The van der Waals surface area contributed by atoms with E-state index < -0.39 is 5.91 Å². The molecule has 0 aliphatic carbocycles. The van der Waals surface area contributed by atoms with Crippen LogP contribution in [0.4, 0.5) is 10.5 Å². The van der Waals surface area contributed by atoms with E-state index in [1.54, 1.807) is 24.3 Å². The minimum atomic E-state index is -0.512. The van der Waals surface area contributed by atoms with Crippen LogP contribution in [-0.2, 0) is 0 Å². The van der Waals surface area contributed by atoms with Gasteiger partial charge in [0.15, 0.2) is 0 Å². The van der Waals surface area contributed by atoms with Crippen LogP contribution < -0.4 is 15.4 Å². The van der Waals surface area contributed by atoms with Crippen LogP contribution >= 0.6 is 12.8 Å². The lowest BCUT2D eigenvalue weighted by atomic mass is 10.1. The van der Waals surface area contributed by atoms with Crippen molar-refractivity contribution in [2.24, 2.45) is 5.73 Å². The molecule has 2 aromatic carbocycles. The summed E-state index contributed by atoms with van der Waals surface area (Å²) in [6.07, 6.45) is 0.762. The molecule has 0 aliphatic heterocycles. The Hall–Kier alpha value is -2.47. The molecule has 5 nitrogen and oxygen atoms in total. The number of rotatable bonds is 5. The highest BCUT2D eigenvalue weighted by Gasteiger charge is 2.17. The molecule has 3 N–H and O–H groups in total. The molecule has 0 aliphatic rings. The molecule has 0 saturated heterocycles. The smallest absolute Gasteiger partial charge is 0.332 e. The Morgan fingerprint density at radius 2 is 1.74 bits per heavy atom. The third-order valence-corrected chi connectivity index (χ3v) is 3.91. The zero-order valence-corrected chi connectivity index (χ0v) is 13.7. The Labute approximate surface area is 141 Å². The molecule has 0 fully saturated rings. The molecular formula is C17H19N3O2S. The van der Waals surface area contributed by atoms with Gasteiger partial charge in [-0.15, -0.1) is 0 Å². The number of hydrogen-bond acceptors (Lipinski definition) is 3. The number of amides is 3. The summed E-state index contributed by atoms with van der Waals surface area (Å²) in [5.74, 6) is -0.512. The highest BCUT2D eigenvalue weighted by molar-refractivity contribution is 7.82. The molecule has 1 unspecified atom stereocenters. The van der Waals surface area contributed by atoms with Gasteiger partial charge in [0.05, 0.1) is 11.7 Å². The van der Waals surface area contributed by atoms with Gasteiger partial charge >= 0.3 is 6.03 Å². The van der Waals surface area contributed by atoms with Crippen LogP contribution in [-0.4, -0.2) is 11.9 Å². The predicted molar refractivity (Wildman–Crippen MR) is 94.4 cm³/mol. The van der Waals surface area contributed by atoms with E-state index in [2.05, 4.69) is 18.1 Å². The first-order chi connectivity index (χ1) is 11.0. The van der Waals surface area contributed by atoms with E-state index in [0.29, 0.717) is 11.3 Å². The van der Waals surface area contributed by atoms with E-state index in [9.17, 15) is 9.59 Å². The number of urea groups is 1. The van der Waals surface area contributed by atoms with Gasteiger partial charge in [-0.2, -0.15) is 0 Å². The van der Waals surface area contributed by atoms with Crippen LogP contribution in [0.2, 0.25) is 0 Å². The Morgan fingerprint density at radius 3 is 2.26 bits per heavy atom. The van der Waals surface area contributed by atoms with E-state index in [4.69, 9.17) is 5.73 Å². The molecule has 0 spiro atoms. The van der Waals surface area contributed by atoms with Crippen molar-refractivity contribution in [1.29, 1.82) is 0 Å². The van der Waals surface area contributed by atoms with E-state index in [0.717, 1.165) is 12.0 Å². The number of benzene rings is 2. The zero-order chi connectivity index (χ0) is 16.8. The number of nitrogens with two attached hydrogens (primary N) is 1. The second-order valence-corrected chi connectivity index (χ2v) is 5.44. The van der Waals surface area contributed by atoms with Crippen molar-refractivity contribution in [3.05, 3.63) is 65.7 Å². The number of nitrogens with zero attached hydrogens (tertiary/aromatic N) is 1. The largest absolute Gasteiger partial charge is 0.366 e. The average molecular weight is 329 g/mol. The molecule has 1 atom stereocenters. The number of hydrogen-bond donors (Lipinski definition) is 3. The third-order valence-electron chi connectivity index (χ3n) is 3.50. The van der Waals surface area contributed by atoms with Gasteiger partial charge in [0.25, 0.3) is 0 Å². The Kier molecular flexibility index (Phi) is 5.65. The molecule has 23 heavy (non-hydrogen) atoms. The van der Waals surface area contributed by atoms with Crippen molar-refractivity contribution in [1.82, 2.24) is 5.32 Å². The van der Waals surface area contributed by atoms with Gasteiger partial charge in [0.1, 0.15) is 0 Å². The van der Waals surface area contributed by atoms with Gasteiger partial charge in [-0.25, -0.2) is 9.10 Å². The Morgan fingerprint density at radius 1 is 1.13 bits per heavy atom. The summed E-state index contributed by atoms with van der Waals surface area (Å²) in [6, 6.07) is 15.7. The normalized spacial score (nSPS) is 11.6. The van der Waals surface area contributed by atoms with E-state index in [1.807, 2.05) is 37.3 Å². The second kappa shape index (κ2) is 7.69. The third kappa shape index (κ3) is 4.26. The van der Waals surface area contributed by atoms with Crippen LogP contribution in [0, 0.1) is 0 Å². The van der Waals surface area contributed by atoms with Gasteiger partial charge in [-0.3, -0.25) is 4.79 Å². The molecule has 120 valence electrons. The molecule has 0 saturated carbocycles. The summed E-state index contributed by atoms with van der Waals surface area (Å²) in [5.41, 5.74) is 7.17. The number of thiol groups is 1. The van der Waals surface area contributed by atoms with Gasteiger partial charge < -0.3 is 11.1 Å². The number of carbonyl (C=O) groups excluding carboxylic acids is 2. The summed E-state index contributed by atoms with van der Waals surface area (Å²) in [5, 5.41) is 2.94. The maximum Gasteiger partial charge on any atom is 0.332 e. The summed E-state index contributed by atoms with van der Waals surface area (Å²) < 4.78 is 1.20. The van der Waals surface area contributed by atoms with Crippen LogP contribution in [0.25, 0.3) is 0 Å². The van der Waals surface area contributed by atoms with Crippen molar-refractivity contribution in [3.8, 4) is 0 Å². The molecule has 3 amide bonds. The number of primary amides is 1. The van der Waals surface area contributed by atoms with E-state index in [-0.39, 0.29) is 12.1 Å².